The number of hydrogen-bond acceptors (Lipinski definition) is 4. The van der Waals surface area contributed by atoms with Gasteiger partial charge in [-0.3, -0.25) is 13.9 Å². The number of carbonyl (C=O) groups excluding carboxylic acids is 2. The Balaban J connectivity index is 1.57. The fraction of sp³-hybridized carbons (Fsp3) is 0.529. The molecule has 2 amide bonds. The molecule has 136 valence electrons. The van der Waals surface area contributed by atoms with Crippen molar-refractivity contribution in [3.63, 3.8) is 0 Å². The number of benzene rings is 1. The first-order chi connectivity index (χ1) is 12.0. The molecule has 0 unspecified atom stereocenters. The van der Waals surface area contributed by atoms with Crippen molar-refractivity contribution in [2.45, 2.75) is 44.6 Å². The van der Waals surface area contributed by atoms with E-state index >= 15 is 0 Å². The van der Waals surface area contributed by atoms with Gasteiger partial charge in [-0.1, -0.05) is 19.3 Å². The van der Waals surface area contributed by atoms with Crippen molar-refractivity contribution in [3.8, 4) is 0 Å². The minimum Gasteiger partial charge on any atom is -0.345 e. The van der Waals surface area contributed by atoms with E-state index in [-0.39, 0.29) is 11.8 Å². The average Bonchev–Trinajstić information content (AvgIpc) is 2.95. The lowest BCUT2D eigenvalue weighted by atomic mass is 9.95. The first-order valence-electron chi connectivity index (χ1n) is 8.68. The Hall–Kier alpha value is -2.09. The van der Waals surface area contributed by atoms with Crippen molar-refractivity contribution in [2.24, 2.45) is 0 Å². The minimum absolute atomic E-state index is 0.0785. The van der Waals surface area contributed by atoms with Crippen LogP contribution in [0.2, 0.25) is 0 Å². The maximum Gasteiger partial charge on any atom is 0.313 e. The molecule has 7 nitrogen and oxygen atoms in total. The van der Waals surface area contributed by atoms with Gasteiger partial charge in [-0.2, -0.15) is 0 Å². The number of amides is 2. The van der Waals surface area contributed by atoms with Gasteiger partial charge in [-0.15, -0.1) is 0 Å². The summed E-state index contributed by atoms with van der Waals surface area (Å²) in [6.07, 6.45) is 5.77. The Morgan fingerprint density at radius 1 is 0.960 bits per heavy atom. The second kappa shape index (κ2) is 7.43. The molecule has 0 atom stereocenters. The second-order valence-electron chi connectivity index (χ2n) is 6.55. The monoisotopic (exact) mass is 365 g/mol. The molecule has 2 fully saturated rings. The van der Waals surface area contributed by atoms with Gasteiger partial charge in [-0.25, -0.2) is 8.42 Å². The van der Waals surface area contributed by atoms with Crippen molar-refractivity contribution < 1.29 is 18.0 Å². The standard InChI is InChI=1S/C17H23N3O4S/c21-16(18-13-5-2-1-3-6-13)17(22)19-14-7-9-15(10-8-14)20-11-4-12-25(20,23)24/h7-10,13H,1-6,11-12H2,(H,18,21)(H,19,22). The summed E-state index contributed by atoms with van der Waals surface area (Å²) in [5.74, 6) is -1.17. The molecule has 0 aromatic heterocycles. The molecule has 1 saturated carbocycles. The highest BCUT2D eigenvalue weighted by Gasteiger charge is 2.28. The molecule has 3 rings (SSSR count). The van der Waals surface area contributed by atoms with E-state index in [2.05, 4.69) is 10.6 Å². The predicted octanol–water partition coefficient (Wildman–Crippen LogP) is 1.61. The quantitative estimate of drug-likeness (QED) is 0.796. The van der Waals surface area contributed by atoms with Gasteiger partial charge in [0.05, 0.1) is 11.4 Å². The average molecular weight is 365 g/mol. The summed E-state index contributed by atoms with van der Waals surface area (Å²) in [6, 6.07) is 6.56. The molecule has 1 saturated heterocycles. The van der Waals surface area contributed by atoms with Crippen LogP contribution in [0, 0.1) is 0 Å². The number of nitrogens with one attached hydrogen (secondary N) is 2. The summed E-state index contributed by atoms with van der Waals surface area (Å²) in [5, 5.41) is 5.32. The molecule has 0 bridgehead atoms. The van der Waals surface area contributed by atoms with E-state index in [0.29, 0.717) is 24.3 Å². The third-order valence-electron chi connectivity index (χ3n) is 4.66. The molecule has 2 aliphatic rings. The van der Waals surface area contributed by atoms with E-state index in [1.54, 1.807) is 24.3 Å². The van der Waals surface area contributed by atoms with Gasteiger partial charge in [-0.05, 0) is 43.5 Å². The largest absolute Gasteiger partial charge is 0.345 e. The number of carbonyl (C=O) groups is 2. The van der Waals surface area contributed by atoms with Crippen LogP contribution in [0.15, 0.2) is 24.3 Å². The highest BCUT2D eigenvalue weighted by Crippen LogP contribution is 2.25. The van der Waals surface area contributed by atoms with E-state index in [0.717, 1.165) is 25.7 Å². The van der Waals surface area contributed by atoms with E-state index in [1.807, 2.05) is 0 Å². The molecular formula is C17H23N3O4S. The second-order valence-corrected chi connectivity index (χ2v) is 8.56. The van der Waals surface area contributed by atoms with Crippen molar-refractivity contribution in [2.75, 3.05) is 21.9 Å². The van der Waals surface area contributed by atoms with Crippen LogP contribution in [0.4, 0.5) is 11.4 Å². The number of rotatable bonds is 3. The Morgan fingerprint density at radius 2 is 1.64 bits per heavy atom. The van der Waals surface area contributed by atoms with E-state index in [1.165, 1.54) is 10.7 Å². The fourth-order valence-electron chi connectivity index (χ4n) is 3.33. The van der Waals surface area contributed by atoms with Crippen LogP contribution in [0.5, 0.6) is 0 Å². The first-order valence-corrected chi connectivity index (χ1v) is 10.3. The van der Waals surface area contributed by atoms with Gasteiger partial charge in [0.25, 0.3) is 0 Å². The van der Waals surface area contributed by atoms with Gasteiger partial charge >= 0.3 is 11.8 Å². The third-order valence-corrected chi connectivity index (χ3v) is 6.53. The van der Waals surface area contributed by atoms with Crippen LogP contribution < -0.4 is 14.9 Å². The van der Waals surface area contributed by atoms with Crippen molar-refractivity contribution in [3.05, 3.63) is 24.3 Å². The molecule has 2 N–H and O–H groups in total. The molecule has 1 aromatic rings. The smallest absolute Gasteiger partial charge is 0.313 e. The molecule has 8 heteroatoms. The molecule has 1 aliphatic carbocycles. The lowest BCUT2D eigenvalue weighted by Crippen LogP contribution is -2.42. The van der Waals surface area contributed by atoms with Gasteiger partial charge < -0.3 is 10.6 Å². The van der Waals surface area contributed by atoms with Gasteiger partial charge in [0.2, 0.25) is 10.0 Å². The molecular weight excluding hydrogens is 342 g/mol. The first kappa shape index (κ1) is 17.7. The molecule has 1 aliphatic heterocycles. The Kier molecular flexibility index (Phi) is 5.27. The highest BCUT2D eigenvalue weighted by molar-refractivity contribution is 7.93. The minimum atomic E-state index is -3.22. The number of hydrogen-bond donors (Lipinski definition) is 2. The summed E-state index contributed by atoms with van der Waals surface area (Å²) in [5.41, 5.74) is 1.03. The zero-order chi connectivity index (χ0) is 17.9. The molecule has 0 radical (unpaired) electrons. The Bertz CT molecular complexity index is 740. The number of sulfonamides is 1. The van der Waals surface area contributed by atoms with Gasteiger partial charge in [0, 0.05) is 18.3 Å². The maximum atomic E-state index is 12.0. The maximum absolute atomic E-state index is 12.0. The molecule has 1 aromatic carbocycles. The Morgan fingerprint density at radius 3 is 2.24 bits per heavy atom. The van der Waals surface area contributed by atoms with Crippen LogP contribution in [-0.4, -0.2) is 38.6 Å². The fourth-order valence-corrected chi connectivity index (χ4v) is 4.89. The van der Waals surface area contributed by atoms with Crippen LogP contribution in [-0.2, 0) is 19.6 Å². The predicted molar refractivity (Wildman–Crippen MR) is 95.8 cm³/mol. The lowest BCUT2D eigenvalue weighted by molar-refractivity contribution is -0.136. The van der Waals surface area contributed by atoms with E-state index in [9.17, 15) is 18.0 Å². The summed E-state index contributed by atoms with van der Waals surface area (Å²) in [7, 11) is -3.22. The summed E-state index contributed by atoms with van der Waals surface area (Å²) in [4.78, 5) is 24.0. The lowest BCUT2D eigenvalue weighted by Gasteiger charge is -2.22. The van der Waals surface area contributed by atoms with Crippen LogP contribution >= 0.6 is 0 Å². The van der Waals surface area contributed by atoms with Crippen LogP contribution in [0.3, 0.4) is 0 Å². The van der Waals surface area contributed by atoms with Crippen molar-refractivity contribution >= 4 is 33.2 Å². The normalized spacial score (nSPS) is 20.2. The SMILES string of the molecule is O=C(Nc1ccc(N2CCCS2(=O)=O)cc1)C(=O)NC1CCCCC1. The Labute approximate surface area is 147 Å². The molecule has 1 heterocycles. The van der Waals surface area contributed by atoms with Crippen molar-refractivity contribution in [1.29, 1.82) is 0 Å². The van der Waals surface area contributed by atoms with Gasteiger partial charge in [0.1, 0.15) is 0 Å². The molecule has 0 spiro atoms. The number of anilines is 2. The van der Waals surface area contributed by atoms with Crippen LogP contribution in [0.1, 0.15) is 38.5 Å². The third kappa shape index (κ3) is 4.31. The number of nitrogens with zero attached hydrogens (tertiary/aromatic N) is 1. The highest BCUT2D eigenvalue weighted by atomic mass is 32.2. The molecule has 25 heavy (non-hydrogen) atoms. The van der Waals surface area contributed by atoms with Crippen molar-refractivity contribution in [1.82, 2.24) is 5.32 Å². The van der Waals surface area contributed by atoms with Crippen LogP contribution in [0.25, 0.3) is 0 Å². The van der Waals surface area contributed by atoms with Gasteiger partial charge in [0.15, 0.2) is 0 Å². The van der Waals surface area contributed by atoms with E-state index in [4.69, 9.17) is 0 Å². The zero-order valence-electron chi connectivity index (χ0n) is 14.0. The summed E-state index contributed by atoms with van der Waals surface area (Å²) < 4.78 is 25.2. The summed E-state index contributed by atoms with van der Waals surface area (Å²) >= 11 is 0. The van der Waals surface area contributed by atoms with E-state index < -0.39 is 21.8 Å². The topological polar surface area (TPSA) is 95.6 Å². The zero-order valence-corrected chi connectivity index (χ0v) is 14.8. The summed E-state index contributed by atoms with van der Waals surface area (Å²) in [6.45, 7) is 0.470.